The minimum absolute atomic E-state index is 0. The largest absolute Gasteiger partial charge is 4.00 e. The van der Waals surface area contributed by atoms with Crippen molar-refractivity contribution in [2.24, 2.45) is 0 Å². The second-order valence-corrected chi connectivity index (χ2v) is 2.68. The van der Waals surface area contributed by atoms with Crippen LogP contribution in [0.25, 0.3) is 0 Å². The molecule has 0 radical (unpaired) electrons. The topological polar surface area (TPSA) is 172 Å². The minimum atomic E-state index is -5.39. The predicted octanol–water partition coefficient (Wildman–Crippen LogP) is -6.41. The van der Waals surface area contributed by atoms with Crippen LogP contribution in [0.2, 0.25) is 0 Å². The number of rotatable bonds is 0. The van der Waals surface area contributed by atoms with Crippen LogP contribution in [0.1, 0.15) is 0 Å². The van der Waals surface area contributed by atoms with Crippen molar-refractivity contribution >= 4 is 64.3 Å². The Bertz CT molecular complexity index is 129. The molecule has 12 heteroatoms. The van der Waals surface area contributed by atoms with Crippen molar-refractivity contribution in [3.05, 3.63) is 0 Å². The molecule has 0 amide bonds. The van der Waals surface area contributed by atoms with Gasteiger partial charge in [-0.15, -0.1) is 0 Å². The van der Waals surface area contributed by atoms with Gasteiger partial charge in [-0.2, -0.15) is 15.6 Å². The molecule has 0 aliphatic carbocycles. The zero-order valence-corrected chi connectivity index (χ0v) is 10.4. The first-order valence-corrected chi connectivity index (χ1v) is 4.38. The van der Waals surface area contributed by atoms with Crippen molar-refractivity contribution in [3.63, 3.8) is 0 Å². The molecule has 0 saturated heterocycles. The Kier molecular flexibility index (Phi) is 18.1. The van der Waals surface area contributed by atoms with Crippen molar-refractivity contribution in [2.45, 2.75) is 0 Å². The molecule has 0 aliphatic rings. The van der Waals surface area contributed by atoms with Crippen LogP contribution in [0, 0.1) is 0 Å². The molecule has 12 heavy (non-hydrogen) atoms. The van der Waals surface area contributed by atoms with E-state index in [1.807, 2.05) is 0 Å². The van der Waals surface area contributed by atoms with Crippen LogP contribution in [0.4, 0.5) is 0 Å². The van der Waals surface area contributed by atoms with Crippen molar-refractivity contribution in [3.8, 4) is 0 Å². The average Bonchev–Trinajstić information content (AvgIpc) is 1.12. The van der Waals surface area contributed by atoms with Crippen LogP contribution in [0.15, 0.2) is 0 Å². The van der Waals surface area contributed by atoms with Gasteiger partial charge < -0.3 is 38.5 Å². The Hall–Kier alpha value is 1.70. The standard InChI is InChI=1S/Ca.2H3O4P.Si/c;2*1-5(2,3)4;/h;2*(H3,1,2,3,4);/q+2;;;+4/p-6. The molecule has 0 bridgehead atoms. The summed E-state index contributed by atoms with van der Waals surface area (Å²) in [4.78, 5) is 51.3. The Balaban J connectivity index is -0.0000000457. The molecular weight excluding hydrogens is 258 g/mol. The summed E-state index contributed by atoms with van der Waals surface area (Å²) >= 11 is 0. The Morgan fingerprint density at radius 1 is 0.667 bits per heavy atom. The van der Waals surface area contributed by atoms with Gasteiger partial charge in [-0.3, -0.25) is 0 Å². The Labute approximate surface area is 102 Å². The van der Waals surface area contributed by atoms with E-state index < -0.39 is 15.6 Å². The van der Waals surface area contributed by atoms with E-state index in [4.69, 9.17) is 38.5 Å². The summed E-state index contributed by atoms with van der Waals surface area (Å²) in [5, 5.41) is 0. The summed E-state index contributed by atoms with van der Waals surface area (Å²) < 4.78 is 17.1. The second kappa shape index (κ2) is 9.26. The molecule has 64 valence electrons. The van der Waals surface area contributed by atoms with Gasteiger partial charge in [0.1, 0.15) is 0 Å². The van der Waals surface area contributed by atoms with Crippen molar-refractivity contribution in [2.75, 3.05) is 0 Å². The number of hydrogen-bond donors (Lipinski definition) is 0. The van der Waals surface area contributed by atoms with Crippen LogP contribution < -0.4 is 29.4 Å². The molecule has 8 nitrogen and oxygen atoms in total. The smallest absolute Gasteiger partial charge is 0.822 e. The molecule has 0 aromatic rings. The van der Waals surface area contributed by atoms with E-state index in [0.717, 1.165) is 0 Å². The van der Waals surface area contributed by atoms with Gasteiger partial charge in [0, 0.05) is 0 Å². The van der Waals surface area contributed by atoms with Crippen LogP contribution >= 0.6 is 15.6 Å². The first-order valence-electron chi connectivity index (χ1n) is 1.46. The molecule has 0 spiro atoms. The fourth-order valence-electron chi connectivity index (χ4n) is 0. The maximum absolute atomic E-state index is 8.55. The predicted molar refractivity (Wildman–Crippen MR) is 26.7 cm³/mol. The zero-order valence-electron chi connectivity index (χ0n) is 5.37. The molecule has 0 aromatic carbocycles. The molecule has 0 fully saturated rings. The van der Waals surface area contributed by atoms with Gasteiger partial charge in [0.2, 0.25) is 0 Å². The third-order valence-electron chi connectivity index (χ3n) is 0. The van der Waals surface area contributed by atoms with Gasteiger partial charge in [0.15, 0.2) is 0 Å². The summed E-state index contributed by atoms with van der Waals surface area (Å²) in [5.41, 5.74) is 0. The fourth-order valence-corrected chi connectivity index (χ4v) is 0. The van der Waals surface area contributed by atoms with Gasteiger partial charge in [-0.1, -0.05) is 0 Å². The summed E-state index contributed by atoms with van der Waals surface area (Å²) in [5.74, 6) is 0. The van der Waals surface area contributed by atoms with E-state index in [1.54, 1.807) is 0 Å². The fraction of sp³-hybridized carbons (Fsp3) is 0. The first-order chi connectivity index (χ1) is 4.00. The number of phosphoric acid groups is 2. The minimum Gasteiger partial charge on any atom is -0.822 e. The van der Waals surface area contributed by atoms with Gasteiger partial charge >= 0.3 is 48.7 Å². The van der Waals surface area contributed by atoms with Crippen LogP contribution in [0.5, 0.6) is 0 Å². The van der Waals surface area contributed by atoms with Crippen LogP contribution in [-0.4, -0.2) is 48.7 Å². The second-order valence-electron chi connectivity index (χ2n) is 0.894. The van der Waals surface area contributed by atoms with E-state index >= 15 is 0 Å². The summed E-state index contributed by atoms with van der Waals surface area (Å²) in [6.45, 7) is 0. The molecule has 0 atom stereocenters. The molecule has 0 aliphatic heterocycles. The first kappa shape index (κ1) is 23.5. The molecule has 0 unspecified atom stereocenters. The zero-order chi connectivity index (χ0) is 9.00. The van der Waals surface area contributed by atoms with E-state index in [0.29, 0.717) is 0 Å². The van der Waals surface area contributed by atoms with Crippen LogP contribution in [-0.2, 0) is 9.13 Å². The van der Waals surface area contributed by atoms with E-state index in [-0.39, 0.29) is 48.7 Å². The van der Waals surface area contributed by atoms with Gasteiger partial charge in [0.25, 0.3) is 0 Å². The molecule has 0 saturated carbocycles. The van der Waals surface area contributed by atoms with Gasteiger partial charge in [-0.05, 0) is 0 Å². The summed E-state index contributed by atoms with van der Waals surface area (Å²) in [7, 11) is -10.8. The maximum Gasteiger partial charge on any atom is 4.00 e. The third kappa shape index (κ3) is 465. The molecular formula is CaO8P2Si. The van der Waals surface area contributed by atoms with Crippen molar-refractivity contribution < 1.29 is 38.5 Å². The molecule has 0 heterocycles. The van der Waals surface area contributed by atoms with Gasteiger partial charge in [-0.25, -0.2) is 0 Å². The Morgan fingerprint density at radius 3 is 0.667 bits per heavy atom. The van der Waals surface area contributed by atoms with E-state index in [2.05, 4.69) is 0 Å². The molecule has 0 N–H and O–H groups in total. The van der Waals surface area contributed by atoms with Crippen LogP contribution in [0.3, 0.4) is 0 Å². The Morgan fingerprint density at radius 2 is 0.667 bits per heavy atom. The summed E-state index contributed by atoms with van der Waals surface area (Å²) in [6.07, 6.45) is 0. The number of hydrogen-bond acceptors (Lipinski definition) is 8. The normalized spacial score (nSPS) is 9.83. The molecule has 0 aromatic heterocycles. The van der Waals surface area contributed by atoms with E-state index in [1.165, 1.54) is 0 Å². The van der Waals surface area contributed by atoms with Gasteiger partial charge in [0.05, 0.1) is 0 Å². The molecule has 0 rings (SSSR count). The van der Waals surface area contributed by atoms with E-state index in [9.17, 15) is 0 Å². The quantitative estimate of drug-likeness (QED) is 0.304. The summed E-state index contributed by atoms with van der Waals surface area (Å²) in [6, 6.07) is 0. The average molecular weight is 258 g/mol. The third-order valence-corrected chi connectivity index (χ3v) is 0. The monoisotopic (exact) mass is 258 g/mol. The maximum atomic E-state index is 8.55. The van der Waals surface area contributed by atoms with Crippen molar-refractivity contribution in [1.82, 2.24) is 0 Å². The SMILES string of the molecule is O=P([O-])([O-])[O-].O=P([O-])([O-])[O-].[Ca+2].[Si+4]. The van der Waals surface area contributed by atoms with Crippen molar-refractivity contribution in [1.29, 1.82) is 0 Å².